The lowest BCUT2D eigenvalue weighted by atomic mass is 9.60. The lowest BCUT2D eigenvalue weighted by molar-refractivity contribution is -0.0520. The molecule has 2 saturated heterocycles. The summed E-state index contributed by atoms with van der Waals surface area (Å²) >= 11 is 0. The molecular formula is C16H30N2. The van der Waals surface area contributed by atoms with Crippen molar-refractivity contribution in [1.82, 2.24) is 9.80 Å². The fourth-order valence-corrected chi connectivity index (χ4v) is 4.36. The van der Waals surface area contributed by atoms with E-state index < -0.39 is 0 Å². The van der Waals surface area contributed by atoms with E-state index in [4.69, 9.17) is 0 Å². The van der Waals surface area contributed by atoms with Gasteiger partial charge in [-0.3, -0.25) is 4.90 Å². The third-order valence-electron chi connectivity index (χ3n) is 5.77. The Balaban J connectivity index is 1.49. The van der Waals surface area contributed by atoms with Gasteiger partial charge in [0.1, 0.15) is 0 Å². The number of nitrogens with zero attached hydrogens (tertiary/aromatic N) is 2. The Morgan fingerprint density at radius 1 is 0.889 bits per heavy atom. The maximum atomic E-state index is 2.77. The third-order valence-corrected chi connectivity index (χ3v) is 5.77. The molecule has 0 N–H and O–H groups in total. The molecular weight excluding hydrogens is 220 g/mol. The van der Waals surface area contributed by atoms with Gasteiger partial charge in [0.2, 0.25) is 0 Å². The van der Waals surface area contributed by atoms with Gasteiger partial charge in [0, 0.05) is 11.6 Å². The molecule has 2 heterocycles. The highest BCUT2D eigenvalue weighted by molar-refractivity contribution is 5.02. The molecule has 2 aliphatic heterocycles. The van der Waals surface area contributed by atoms with Gasteiger partial charge in [-0.15, -0.1) is 0 Å². The van der Waals surface area contributed by atoms with Crippen LogP contribution >= 0.6 is 0 Å². The molecule has 0 atom stereocenters. The molecule has 104 valence electrons. The summed E-state index contributed by atoms with van der Waals surface area (Å²) in [5.41, 5.74) is 1.12. The number of hydrogen-bond acceptors (Lipinski definition) is 2. The highest BCUT2D eigenvalue weighted by atomic mass is 15.2. The Kier molecular flexibility index (Phi) is 3.22. The van der Waals surface area contributed by atoms with Crippen LogP contribution in [0.5, 0.6) is 0 Å². The van der Waals surface area contributed by atoms with Crippen molar-refractivity contribution in [2.45, 2.75) is 70.9 Å². The van der Waals surface area contributed by atoms with Crippen molar-refractivity contribution >= 4 is 0 Å². The summed E-state index contributed by atoms with van der Waals surface area (Å²) in [6, 6.07) is 0.952. The van der Waals surface area contributed by atoms with Crippen LogP contribution in [-0.2, 0) is 0 Å². The summed E-state index contributed by atoms with van der Waals surface area (Å²) < 4.78 is 0. The predicted octanol–water partition coefficient (Wildman–Crippen LogP) is 3.13. The fraction of sp³-hybridized carbons (Fsp3) is 1.00. The van der Waals surface area contributed by atoms with E-state index in [0.717, 1.165) is 11.5 Å². The van der Waals surface area contributed by atoms with Crippen molar-refractivity contribution in [2.24, 2.45) is 5.41 Å². The van der Waals surface area contributed by atoms with Crippen molar-refractivity contribution in [3.05, 3.63) is 0 Å². The van der Waals surface area contributed by atoms with Crippen LogP contribution < -0.4 is 0 Å². The molecule has 1 spiro atoms. The summed E-state index contributed by atoms with van der Waals surface area (Å²) in [7, 11) is 0. The van der Waals surface area contributed by atoms with Crippen LogP contribution in [-0.4, -0.2) is 47.6 Å². The van der Waals surface area contributed by atoms with Crippen LogP contribution in [0.3, 0.4) is 0 Å². The van der Waals surface area contributed by atoms with E-state index in [1.807, 2.05) is 0 Å². The molecule has 0 aromatic carbocycles. The Morgan fingerprint density at radius 3 is 1.94 bits per heavy atom. The van der Waals surface area contributed by atoms with Gasteiger partial charge in [-0.25, -0.2) is 0 Å². The molecule has 3 aliphatic rings. The minimum atomic E-state index is 0.375. The molecule has 2 heteroatoms. The molecule has 3 fully saturated rings. The van der Waals surface area contributed by atoms with Crippen LogP contribution in [0.4, 0.5) is 0 Å². The molecule has 0 aromatic heterocycles. The minimum absolute atomic E-state index is 0.375. The van der Waals surface area contributed by atoms with Gasteiger partial charge < -0.3 is 4.90 Å². The predicted molar refractivity (Wildman–Crippen MR) is 76.8 cm³/mol. The van der Waals surface area contributed by atoms with Crippen LogP contribution in [0.25, 0.3) is 0 Å². The fourth-order valence-electron chi connectivity index (χ4n) is 4.36. The zero-order valence-corrected chi connectivity index (χ0v) is 12.5. The molecule has 18 heavy (non-hydrogen) atoms. The first kappa shape index (κ1) is 12.9. The summed E-state index contributed by atoms with van der Waals surface area (Å²) in [5.74, 6) is 0. The van der Waals surface area contributed by atoms with Gasteiger partial charge in [-0.1, -0.05) is 0 Å². The summed E-state index contributed by atoms with van der Waals surface area (Å²) in [6.07, 6.45) is 8.81. The quantitative estimate of drug-likeness (QED) is 0.705. The molecule has 0 bridgehead atoms. The first-order valence-corrected chi connectivity index (χ1v) is 7.98. The summed E-state index contributed by atoms with van der Waals surface area (Å²) in [6.45, 7) is 12.5. The van der Waals surface area contributed by atoms with Gasteiger partial charge in [0.05, 0.1) is 0 Å². The monoisotopic (exact) mass is 250 g/mol. The average Bonchev–Trinajstić information content (AvgIpc) is 2.78. The van der Waals surface area contributed by atoms with Crippen LogP contribution in [0.15, 0.2) is 0 Å². The topological polar surface area (TPSA) is 6.48 Å². The largest absolute Gasteiger partial charge is 0.300 e. The second-order valence-electron chi connectivity index (χ2n) is 7.96. The van der Waals surface area contributed by atoms with E-state index in [-0.39, 0.29) is 0 Å². The Bertz CT molecular complexity index is 283. The number of piperidine rings is 1. The van der Waals surface area contributed by atoms with Gasteiger partial charge in [-0.2, -0.15) is 0 Å². The molecule has 0 amide bonds. The third kappa shape index (κ3) is 2.34. The highest BCUT2D eigenvalue weighted by Crippen LogP contribution is 2.51. The first-order chi connectivity index (χ1) is 8.49. The summed E-state index contributed by atoms with van der Waals surface area (Å²) in [4.78, 5) is 5.45. The van der Waals surface area contributed by atoms with E-state index in [0.29, 0.717) is 5.54 Å². The van der Waals surface area contributed by atoms with Crippen LogP contribution in [0.2, 0.25) is 0 Å². The minimum Gasteiger partial charge on any atom is -0.300 e. The smallest absolute Gasteiger partial charge is 0.0125 e. The van der Waals surface area contributed by atoms with Crippen LogP contribution in [0, 0.1) is 5.41 Å². The molecule has 2 nitrogen and oxygen atoms in total. The Labute approximate surface area is 113 Å². The van der Waals surface area contributed by atoms with E-state index in [1.165, 1.54) is 64.7 Å². The van der Waals surface area contributed by atoms with E-state index in [9.17, 15) is 0 Å². The number of rotatable bonds is 1. The van der Waals surface area contributed by atoms with Gasteiger partial charge in [-0.05, 0) is 90.9 Å². The average molecular weight is 250 g/mol. The molecule has 0 aromatic rings. The number of hydrogen-bond donors (Lipinski definition) is 0. The zero-order valence-electron chi connectivity index (χ0n) is 12.5. The Morgan fingerprint density at radius 2 is 1.44 bits per heavy atom. The van der Waals surface area contributed by atoms with Crippen molar-refractivity contribution in [2.75, 3.05) is 26.2 Å². The van der Waals surface area contributed by atoms with E-state index in [1.54, 1.807) is 0 Å². The van der Waals surface area contributed by atoms with E-state index in [2.05, 4.69) is 30.6 Å². The SMILES string of the molecule is CC(C)(C)N1CCC2(CC1)CC(N1CCCC1)C2. The normalized spacial score (nSPS) is 30.8. The van der Waals surface area contributed by atoms with Crippen LogP contribution in [0.1, 0.15) is 59.3 Å². The van der Waals surface area contributed by atoms with E-state index >= 15 is 0 Å². The number of likely N-dealkylation sites (tertiary alicyclic amines) is 2. The summed E-state index contributed by atoms with van der Waals surface area (Å²) in [5, 5.41) is 0. The maximum Gasteiger partial charge on any atom is 0.0125 e. The van der Waals surface area contributed by atoms with Crippen molar-refractivity contribution in [1.29, 1.82) is 0 Å². The molecule has 0 unspecified atom stereocenters. The highest BCUT2D eigenvalue weighted by Gasteiger charge is 2.48. The molecule has 1 saturated carbocycles. The maximum absolute atomic E-state index is 2.77. The molecule has 1 aliphatic carbocycles. The van der Waals surface area contributed by atoms with Crippen molar-refractivity contribution in [3.8, 4) is 0 Å². The first-order valence-electron chi connectivity index (χ1n) is 7.98. The zero-order chi connectivity index (χ0) is 12.8. The lowest BCUT2D eigenvalue weighted by Crippen LogP contribution is -2.56. The van der Waals surface area contributed by atoms with Crippen molar-refractivity contribution in [3.63, 3.8) is 0 Å². The van der Waals surface area contributed by atoms with Crippen molar-refractivity contribution < 1.29 is 0 Å². The van der Waals surface area contributed by atoms with Gasteiger partial charge >= 0.3 is 0 Å². The van der Waals surface area contributed by atoms with Gasteiger partial charge in [0.25, 0.3) is 0 Å². The Hall–Kier alpha value is -0.0800. The standard InChI is InChI=1S/C16H30N2/c1-15(2,3)18-10-6-16(7-11-18)12-14(13-16)17-8-4-5-9-17/h14H,4-13H2,1-3H3. The van der Waals surface area contributed by atoms with Gasteiger partial charge in [0.15, 0.2) is 0 Å². The lowest BCUT2D eigenvalue weighted by Gasteiger charge is -2.56. The second kappa shape index (κ2) is 4.49. The molecule has 0 radical (unpaired) electrons. The second-order valence-corrected chi connectivity index (χ2v) is 7.96. The molecule has 3 rings (SSSR count).